The summed E-state index contributed by atoms with van der Waals surface area (Å²) in [5, 5.41) is 11.2. The van der Waals surface area contributed by atoms with Crippen molar-refractivity contribution in [3.63, 3.8) is 0 Å². The number of nitrogens with zero attached hydrogens (tertiary/aromatic N) is 2. The molecule has 1 aliphatic heterocycles. The van der Waals surface area contributed by atoms with Gasteiger partial charge < -0.3 is 19.7 Å². The number of carbonyl (C=O) groups is 2. The van der Waals surface area contributed by atoms with Gasteiger partial charge in [-0.25, -0.2) is 9.18 Å². The smallest absolute Gasteiger partial charge is 0.410 e. The molecule has 1 aromatic carbocycles. The number of ether oxygens (including phenoxy) is 2. The summed E-state index contributed by atoms with van der Waals surface area (Å²) in [6, 6.07) is 3.84. The van der Waals surface area contributed by atoms with Crippen molar-refractivity contribution in [3.8, 4) is 6.07 Å². The number of halogens is 2. The van der Waals surface area contributed by atoms with Gasteiger partial charge in [0, 0.05) is 6.54 Å². The quantitative estimate of drug-likeness (QED) is 0.847. The number of carbonyl (C=O) groups excluding carboxylic acids is 2. The van der Waals surface area contributed by atoms with E-state index in [1.807, 2.05) is 0 Å². The van der Waals surface area contributed by atoms with Crippen LogP contribution in [-0.4, -0.2) is 48.3 Å². The molecule has 9 heteroatoms. The molecule has 1 heterocycles. The third kappa shape index (κ3) is 5.07. The van der Waals surface area contributed by atoms with Crippen LogP contribution in [0.5, 0.6) is 0 Å². The van der Waals surface area contributed by atoms with Crippen molar-refractivity contribution in [3.05, 3.63) is 28.5 Å². The van der Waals surface area contributed by atoms with Crippen LogP contribution in [0, 0.1) is 17.1 Å². The van der Waals surface area contributed by atoms with Crippen LogP contribution >= 0.6 is 11.6 Å². The third-order valence-electron chi connectivity index (χ3n) is 3.45. The minimum atomic E-state index is -0.981. The molecule has 1 aliphatic rings. The second-order valence-electron chi connectivity index (χ2n) is 6.70. The summed E-state index contributed by atoms with van der Waals surface area (Å²) >= 11 is 5.86. The molecule has 1 saturated heterocycles. The Morgan fingerprint density at radius 1 is 1.46 bits per heavy atom. The third-order valence-corrected chi connectivity index (χ3v) is 3.76. The van der Waals surface area contributed by atoms with E-state index in [2.05, 4.69) is 5.32 Å². The van der Waals surface area contributed by atoms with Gasteiger partial charge in [0.15, 0.2) is 6.10 Å². The minimum Gasteiger partial charge on any atom is -0.444 e. The summed E-state index contributed by atoms with van der Waals surface area (Å²) in [6.45, 7) is 5.64. The fourth-order valence-corrected chi connectivity index (χ4v) is 2.45. The first-order valence-corrected chi connectivity index (χ1v) is 8.28. The first-order chi connectivity index (χ1) is 12.1. The molecule has 0 aromatic heterocycles. The predicted octanol–water partition coefficient (Wildman–Crippen LogP) is 2.93. The zero-order chi connectivity index (χ0) is 19.5. The van der Waals surface area contributed by atoms with Crippen LogP contribution < -0.4 is 5.32 Å². The first kappa shape index (κ1) is 19.9. The van der Waals surface area contributed by atoms with Crippen LogP contribution in [-0.2, 0) is 14.3 Å². The molecule has 0 spiro atoms. The van der Waals surface area contributed by atoms with E-state index in [9.17, 15) is 14.0 Å². The van der Waals surface area contributed by atoms with Gasteiger partial charge in [-0.1, -0.05) is 11.6 Å². The standard InChI is InChI=1S/C17H19ClFN3O4/c1-17(2,3)26-16(24)22-4-5-25-14(9-22)15(23)21-13-7-11(18)10(8-20)6-12(13)19/h6-7,14H,4-5,9H2,1-3H3,(H,21,23). The molecule has 0 aliphatic carbocycles. The Kier molecular flexibility index (Phi) is 6.05. The fourth-order valence-electron chi connectivity index (χ4n) is 2.24. The SMILES string of the molecule is CC(C)(C)OC(=O)N1CCOC(C(=O)Nc2cc(Cl)c(C#N)cc2F)C1. The highest BCUT2D eigenvalue weighted by Crippen LogP contribution is 2.24. The lowest BCUT2D eigenvalue weighted by Crippen LogP contribution is -2.51. The highest BCUT2D eigenvalue weighted by Gasteiger charge is 2.32. The molecule has 1 unspecified atom stereocenters. The molecule has 1 aromatic rings. The molecular formula is C17H19ClFN3O4. The number of benzene rings is 1. The Balaban J connectivity index is 2.05. The van der Waals surface area contributed by atoms with Gasteiger partial charge in [0.2, 0.25) is 0 Å². The number of anilines is 1. The Morgan fingerprint density at radius 2 is 2.15 bits per heavy atom. The van der Waals surface area contributed by atoms with Crippen LogP contribution in [0.4, 0.5) is 14.9 Å². The maximum absolute atomic E-state index is 14.0. The highest BCUT2D eigenvalue weighted by molar-refractivity contribution is 6.32. The predicted molar refractivity (Wildman–Crippen MR) is 92.3 cm³/mol. The molecule has 7 nitrogen and oxygen atoms in total. The molecule has 26 heavy (non-hydrogen) atoms. The molecule has 140 valence electrons. The average Bonchev–Trinajstić information content (AvgIpc) is 2.56. The summed E-state index contributed by atoms with van der Waals surface area (Å²) in [4.78, 5) is 25.8. The van der Waals surface area contributed by atoms with Crippen molar-refractivity contribution < 1.29 is 23.5 Å². The van der Waals surface area contributed by atoms with E-state index in [0.717, 1.165) is 12.1 Å². The number of rotatable bonds is 2. The number of nitrogens with one attached hydrogen (secondary N) is 1. The van der Waals surface area contributed by atoms with Crippen molar-refractivity contribution in [2.24, 2.45) is 0 Å². The molecular weight excluding hydrogens is 365 g/mol. The van der Waals surface area contributed by atoms with E-state index < -0.39 is 29.5 Å². The number of hydrogen-bond donors (Lipinski definition) is 1. The van der Waals surface area contributed by atoms with Crippen molar-refractivity contribution in [1.29, 1.82) is 5.26 Å². The molecule has 1 atom stereocenters. The summed E-state index contributed by atoms with van der Waals surface area (Å²) < 4.78 is 24.6. The number of amides is 2. The maximum atomic E-state index is 14.0. The van der Waals surface area contributed by atoms with Gasteiger partial charge in [-0.05, 0) is 32.9 Å². The van der Waals surface area contributed by atoms with Crippen molar-refractivity contribution in [2.75, 3.05) is 25.0 Å². The van der Waals surface area contributed by atoms with Crippen molar-refractivity contribution in [1.82, 2.24) is 4.90 Å². The van der Waals surface area contributed by atoms with Crippen LogP contribution in [0.1, 0.15) is 26.3 Å². The zero-order valence-electron chi connectivity index (χ0n) is 14.6. The largest absolute Gasteiger partial charge is 0.444 e. The van der Waals surface area contributed by atoms with E-state index in [4.69, 9.17) is 26.3 Å². The molecule has 0 saturated carbocycles. The van der Waals surface area contributed by atoms with Gasteiger partial charge in [-0.15, -0.1) is 0 Å². The molecule has 2 rings (SSSR count). The molecule has 0 radical (unpaired) electrons. The topological polar surface area (TPSA) is 91.7 Å². The maximum Gasteiger partial charge on any atom is 0.410 e. The van der Waals surface area contributed by atoms with Crippen LogP contribution in [0.25, 0.3) is 0 Å². The van der Waals surface area contributed by atoms with E-state index in [1.54, 1.807) is 26.8 Å². The van der Waals surface area contributed by atoms with E-state index in [1.165, 1.54) is 4.90 Å². The molecule has 1 fully saturated rings. The minimum absolute atomic E-state index is 0.0177. The lowest BCUT2D eigenvalue weighted by Gasteiger charge is -2.33. The molecule has 2 amide bonds. The zero-order valence-corrected chi connectivity index (χ0v) is 15.4. The van der Waals surface area contributed by atoms with Gasteiger partial charge in [-0.2, -0.15) is 5.26 Å². The second kappa shape index (κ2) is 7.89. The van der Waals surface area contributed by atoms with Crippen LogP contribution in [0.15, 0.2) is 12.1 Å². The van der Waals surface area contributed by atoms with Crippen LogP contribution in [0.2, 0.25) is 5.02 Å². The average molecular weight is 384 g/mol. The normalized spacial score (nSPS) is 17.4. The van der Waals surface area contributed by atoms with E-state index >= 15 is 0 Å². The van der Waals surface area contributed by atoms with Gasteiger partial charge >= 0.3 is 6.09 Å². The van der Waals surface area contributed by atoms with Crippen molar-refractivity contribution >= 4 is 29.3 Å². The Morgan fingerprint density at radius 3 is 2.77 bits per heavy atom. The van der Waals surface area contributed by atoms with Crippen molar-refractivity contribution in [2.45, 2.75) is 32.5 Å². The summed E-state index contributed by atoms with van der Waals surface area (Å²) in [6.07, 6.45) is -1.53. The first-order valence-electron chi connectivity index (χ1n) is 7.90. The Labute approximate surface area is 155 Å². The fraction of sp³-hybridized carbons (Fsp3) is 0.471. The Bertz CT molecular complexity index is 758. The number of morpholine rings is 1. The van der Waals surface area contributed by atoms with Crippen LogP contribution in [0.3, 0.4) is 0 Å². The molecule has 1 N–H and O–H groups in total. The summed E-state index contributed by atoms with van der Waals surface area (Å²) in [5.74, 6) is -1.42. The number of nitriles is 1. The summed E-state index contributed by atoms with van der Waals surface area (Å²) in [5.41, 5.74) is -0.862. The van der Waals surface area contributed by atoms with Gasteiger partial charge in [-0.3, -0.25) is 4.79 Å². The van der Waals surface area contributed by atoms with Gasteiger partial charge in [0.1, 0.15) is 17.5 Å². The second-order valence-corrected chi connectivity index (χ2v) is 7.11. The van der Waals surface area contributed by atoms with Gasteiger partial charge in [0.25, 0.3) is 5.91 Å². The summed E-state index contributed by atoms with van der Waals surface area (Å²) in [7, 11) is 0. The monoisotopic (exact) mass is 383 g/mol. The van der Waals surface area contributed by atoms with Gasteiger partial charge in [0.05, 0.1) is 29.4 Å². The van der Waals surface area contributed by atoms with E-state index in [-0.39, 0.29) is 36.0 Å². The Hall–Kier alpha value is -2.37. The lowest BCUT2D eigenvalue weighted by atomic mass is 10.2. The number of hydrogen-bond acceptors (Lipinski definition) is 5. The lowest BCUT2D eigenvalue weighted by molar-refractivity contribution is -0.132. The van der Waals surface area contributed by atoms with E-state index in [0.29, 0.717) is 0 Å². The highest BCUT2D eigenvalue weighted by atomic mass is 35.5. The molecule has 0 bridgehead atoms.